The van der Waals surface area contributed by atoms with Gasteiger partial charge >= 0.3 is 0 Å². The van der Waals surface area contributed by atoms with Crippen molar-refractivity contribution < 1.29 is 9.18 Å². The number of halogens is 1. The van der Waals surface area contributed by atoms with E-state index in [1.54, 1.807) is 10.9 Å². The topological polar surface area (TPSA) is 47.8 Å². The highest BCUT2D eigenvalue weighted by Crippen LogP contribution is 2.06. The first kappa shape index (κ1) is 11.4. The van der Waals surface area contributed by atoms with E-state index in [4.69, 9.17) is 0 Å². The summed E-state index contributed by atoms with van der Waals surface area (Å²) < 4.78 is 14.4. The van der Waals surface area contributed by atoms with Crippen molar-refractivity contribution in [2.45, 2.75) is 12.8 Å². The van der Waals surface area contributed by atoms with E-state index in [0.29, 0.717) is 18.5 Å². The Bertz CT molecular complexity index is 519. The number of pyridine rings is 1. The second kappa shape index (κ2) is 4.86. The molecule has 0 fully saturated rings. The van der Waals surface area contributed by atoms with Crippen molar-refractivity contribution in [3.05, 3.63) is 47.8 Å². The summed E-state index contributed by atoms with van der Waals surface area (Å²) in [5, 5.41) is 4.02. The van der Waals surface area contributed by atoms with E-state index in [1.165, 1.54) is 12.1 Å². The molecule has 0 saturated heterocycles. The van der Waals surface area contributed by atoms with Gasteiger partial charge in [0.25, 0.3) is 0 Å². The van der Waals surface area contributed by atoms with E-state index in [2.05, 4.69) is 10.1 Å². The van der Waals surface area contributed by atoms with Gasteiger partial charge < -0.3 is 0 Å². The SMILES string of the molecule is Cn1nccc1CCC(=O)c1ccc(F)cn1. The molecule has 0 aromatic carbocycles. The van der Waals surface area contributed by atoms with Gasteiger partial charge in [-0.15, -0.1) is 0 Å². The van der Waals surface area contributed by atoms with Gasteiger partial charge in [-0.1, -0.05) is 0 Å². The van der Waals surface area contributed by atoms with Crippen molar-refractivity contribution in [3.63, 3.8) is 0 Å². The summed E-state index contributed by atoms with van der Waals surface area (Å²) in [4.78, 5) is 15.5. The number of nitrogens with zero attached hydrogens (tertiary/aromatic N) is 3. The molecule has 2 aromatic rings. The maximum Gasteiger partial charge on any atom is 0.181 e. The fraction of sp³-hybridized carbons (Fsp3) is 0.250. The van der Waals surface area contributed by atoms with Crippen LogP contribution in [0.5, 0.6) is 0 Å². The minimum absolute atomic E-state index is 0.0915. The molecule has 0 amide bonds. The maximum absolute atomic E-state index is 12.6. The largest absolute Gasteiger partial charge is 0.292 e. The van der Waals surface area contributed by atoms with Crippen LogP contribution in [0.2, 0.25) is 0 Å². The lowest BCUT2D eigenvalue weighted by atomic mass is 10.1. The Labute approximate surface area is 98.1 Å². The zero-order chi connectivity index (χ0) is 12.3. The number of hydrogen-bond acceptors (Lipinski definition) is 3. The average molecular weight is 233 g/mol. The summed E-state index contributed by atoms with van der Waals surface area (Å²) in [7, 11) is 1.83. The number of aryl methyl sites for hydroxylation is 2. The fourth-order valence-corrected chi connectivity index (χ4v) is 1.56. The molecular weight excluding hydrogens is 221 g/mol. The van der Waals surface area contributed by atoms with Crippen molar-refractivity contribution in [1.29, 1.82) is 0 Å². The molecule has 2 rings (SSSR count). The Morgan fingerprint density at radius 3 is 2.82 bits per heavy atom. The quantitative estimate of drug-likeness (QED) is 0.756. The van der Waals surface area contributed by atoms with E-state index in [-0.39, 0.29) is 5.78 Å². The molecule has 2 heterocycles. The fourth-order valence-electron chi connectivity index (χ4n) is 1.56. The molecular formula is C12H12FN3O. The van der Waals surface area contributed by atoms with E-state index < -0.39 is 5.82 Å². The lowest BCUT2D eigenvalue weighted by Gasteiger charge is -2.01. The van der Waals surface area contributed by atoms with Crippen LogP contribution in [0.3, 0.4) is 0 Å². The molecule has 0 bridgehead atoms. The normalized spacial score (nSPS) is 10.5. The Kier molecular flexibility index (Phi) is 3.27. The lowest BCUT2D eigenvalue weighted by molar-refractivity contribution is 0.0977. The lowest BCUT2D eigenvalue weighted by Crippen LogP contribution is -2.06. The minimum atomic E-state index is -0.437. The number of hydrogen-bond donors (Lipinski definition) is 0. The van der Waals surface area contributed by atoms with Crippen LogP contribution in [-0.4, -0.2) is 20.5 Å². The predicted molar refractivity (Wildman–Crippen MR) is 60.1 cm³/mol. The Balaban J connectivity index is 1.98. The second-order valence-electron chi connectivity index (χ2n) is 3.73. The molecule has 0 unspecified atom stereocenters. The van der Waals surface area contributed by atoms with Gasteiger partial charge in [0, 0.05) is 25.4 Å². The maximum atomic E-state index is 12.6. The Hall–Kier alpha value is -2.04. The monoisotopic (exact) mass is 233 g/mol. The van der Waals surface area contributed by atoms with Gasteiger partial charge in [0.1, 0.15) is 11.5 Å². The first-order valence-corrected chi connectivity index (χ1v) is 5.28. The molecule has 5 heteroatoms. The highest BCUT2D eigenvalue weighted by molar-refractivity contribution is 5.94. The molecule has 2 aromatic heterocycles. The zero-order valence-corrected chi connectivity index (χ0v) is 9.43. The molecule has 0 atom stereocenters. The van der Waals surface area contributed by atoms with E-state index in [0.717, 1.165) is 11.9 Å². The van der Waals surface area contributed by atoms with Gasteiger partial charge in [0.15, 0.2) is 5.78 Å². The van der Waals surface area contributed by atoms with E-state index in [9.17, 15) is 9.18 Å². The highest BCUT2D eigenvalue weighted by Gasteiger charge is 2.09. The summed E-state index contributed by atoms with van der Waals surface area (Å²) in [5.74, 6) is -0.528. The van der Waals surface area contributed by atoms with Crippen LogP contribution in [0.4, 0.5) is 4.39 Å². The first-order chi connectivity index (χ1) is 8.16. The van der Waals surface area contributed by atoms with Crippen molar-refractivity contribution in [1.82, 2.24) is 14.8 Å². The Morgan fingerprint density at radius 1 is 1.41 bits per heavy atom. The summed E-state index contributed by atoms with van der Waals surface area (Å²) >= 11 is 0. The number of carbonyl (C=O) groups is 1. The molecule has 0 aliphatic rings. The van der Waals surface area contributed by atoms with Crippen LogP contribution < -0.4 is 0 Å². The van der Waals surface area contributed by atoms with Crippen LogP contribution in [0.25, 0.3) is 0 Å². The van der Waals surface area contributed by atoms with Crippen LogP contribution >= 0.6 is 0 Å². The van der Waals surface area contributed by atoms with Crippen LogP contribution in [0.15, 0.2) is 30.6 Å². The molecule has 0 radical (unpaired) electrons. The Morgan fingerprint density at radius 2 is 2.24 bits per heavy atom. The third kappa shape index (κ3) is 2.75. The summed E-state index contributed by atoms with van der Waals surface area (Å²) in [5.41, 5.74) is 1.29. The molecule has 0 N–H and O–H groups in total. The predicted octanol–water partition coefficient (Wildman–Crippen LogP) is 1.77. The average Bonchev–Trinajstić information content (AvgIpc) is 2.73. The molecule has 0 saturated carbocycles. The number of Topliss-reactive ketones (excluding diaryl/α,β-unsaturated/α-hetero) is 1. The van der Waals surface area contributed by atoms with Gasteiger partial charge in [0.2, 0.25) is 0 Å². The van der Waals surface area contributed by atoms with Gasteiger partial charge in [0.05, 0.1) is 6.20 Å². The zero-order valence-electron chi connectivity index (χ0n) is 9.43. The van der Waals surface area contributed by atoms with Gasteiger partial charge in [-0.25, -0.2) is 4.39 Å². The third-order valence-electron chi connectivity index (χ3n) is 2.54. The smallest absolute Gasteiger partial charge is 0.181 e. The minimum Gasteiger partial charge on any atom is -0.292 e. The standard InChI is InChI=1S/C12H12FN3O/c1-16-10(6-7-15-16)3-5-12(17)11-4-2-9(13)8-14-11/h2,4,6-8H,3,5H2,1H3. The number of aromatic nitrogens is 3. The van der Waals surface area contributed by atoms with Gasteiger partial charge in [-0.3, -0.25) is 14.5 Å². The molecule has 17 heavy (non-hydrogen) atoms. The van der Waals surface area contributed by atoms with Crippen LogP contribution in [0, 0.1) is 5.82 Å². The van der Waals surface area contributed by atoms with Crippen LogP contribution in [0.1, 0.15) is 22.6 Å². The number of rotatable bonds is 4. The number of ketones is 1. The molecule has 0 aliphatic carbocycles. The highest BCUT2D eigenvalue weighted by atomic mass is 19.1. The third-order valence-corrected chi connectivity index (χ3v) is 2.54. The summed E-state index contributed by atoms with van der Waals surface area (Å²) in [6.07, 6.45) is 3.69. The first-order valence-electron chi connectivity index (χ1n) is 5.28. The van der Waals surface area contributed by atoms with Crippen molar-refractivity contribution in [3.8, 4) is 0 Å². The van der Waals surface area contributed by atoms with Crippen molar-refractivity contribution >= 4 is 5.78 Å². The van der Waals surface area contributed by atoms with Crippen molar-refractivity contribution in [2.75, 3.05) is 0 Å². The summed E-state index contributed by atoms with van der Waals surface area (Å²) in [6, 6.07) is 4.51. The van der Waals surface area contributed by atoms with E-state index >= 15 is 0 Å². The molecule has 88 valence electrons. The summed E-state index contributed by atoms with van der Waals surface area (Å²) in [6.45, 7) is 0. The number of carbonyl (C=O) groups excluding carboxylic acids is 1. The van der Waals surface area contributed by atoms with Gasteiger partial charge in [-0.05, 0) is 24.6 Å². The van der Waals surface area contributed by atoms with E-state index in [1.807, 2.05) is 13.1 Å². The second-order valence-corrected chi connectivity index (χ2v) is 3.73. The molecule has 4 nitrogen and oxygen atoms in total. The molecule has 0 spiro atoms. The van der Waals surface area contributed by atoms with Gasteiger partial charge in [-0.2, -0.15) is 5.10 Å². The molecule has 0 aliphatic heterocycles. The van der Waals surface area contributed by atoms with Crippen LogP contribution in [-0.2, 0) is 13.5 Å². The van der Waals surface area contributed by atoms with Crippen molar-refractivity contribution in [2.24, 2.45) is 7.05 Å².